The molecule has 2 aromatic rings. The fourth-order valence-corrected chi connectivity index (χ4v) is 2.23. The Balaban J connectivity index is 2.59. The van der Waals surface area contributed by atoms with E-state index in [0.29, 0.717) is 0 Å². The van der Waals surface area contributed by atoms with Gasteiger partial charge in [0, 0.05) is 16.9 Å². The van der Waals surface area contributed by atoms with Crippen LogP contribution in [0.5, 0.6) is 0 Å². The fraction of sp³-hybridized carbons (Fsp3) is 0.143. The normalized spacial score (nSPS) is 13.6. The SMILES string of the molecule is C=CC(/C=C\N=CC)n1c(=O)[nH]c2ccc(Br)cc21. The predicted molar refractivity (Wildman–Crippen MR) is 82.8 cm³/mol. The summed E-state index contributed by atoms with van der Waals surface area (Å²) in [7, 11) is 0. The molecule has 98 valence electrons. The lowest BCUT2D eigenvalue weighted by Gasteiger charge is -2.09. The van der Waals surface area contributed by atoms with E-state index in [1.807, 2.05) is 31.2 Å². The van der Waals surface area contributed by atoms with E-state index in [-0.39, 0.29) is 11.7 Å². The summed E-state index contributed by atoms with van der Waals surface area (Å²) in [6, 6.07) is 5.42. The van der Waals surface area contributed by atoms with Crippen molar-refractivity contribution < 1.29 is 0 Å². The zero-order valence-electron chi connectivity index (χ0n) is 10.5. The maximum Gasteiger partial charge on any atom is 0.327 e. The minimum atomic E-state index is -0.237. The van der Waals surface area contributed by atoms with Crippen molar-refractivity contribution >= 4 is 33.2 Å². The van der Waals surface area contributed by atoms with E-state index >= 15 is 0 Å². The number of H-pyrrole nitrogens is 1. The van der Waals surface area contributed by atoms with E-state index in [2.05, 4.69) is 32.5 Å². The lowest BCUT2D eigenvalue weighted by atomic mass is 10.2. The molecule has 0 aliphatic heterocycles. The lowest BCUT2D eigenvalue weighted by molar-refractivity contribution is 0.715. The highest BCUT2D eigenvalue weighted by atomic mass is 79.9. The molecule has 0 spiro atoms. The summed E-state index contributed by atoms with van der Waals surface area (Å²) in [5, 5.41) is 0. The molecular formula is C14H14BrN3O. The van der Waals surface area contributed by atoms with Crippen LogP contribution < -0.4 is 5.69 Å². The average molecular weight is 320 g/mol. The van der Waals surface area contributed by atoms with Gasteiger partial charge < -0.3 is 4.98 Å². The van der Waals surface area contributed by atoms with Gasteiger partial charge in [0.05, 0.1) is 17.1 Å². The predicted octanol–water partition coefficient (Wildman–Crippen LogP) is 3.42. The van der Waals surface area contributed by atoms with Gasteiger partial charge in [0.25, 0.3) is 0 Å². The Morgan fingerprint density at radius 2 is 2.32 bits per heavy atom. The number of allylic oxidation sites excluding steroid dienone is 2. The lowest BCUT2D eigenvalue weighted by Crippen LogP contribution is -2.19. The Morgan fingerprint density at radius 1 is 1.53 bits per heavy atom. The molecule has 0 bridgehead atoms. The van der Waals surface area contributed by atoms with Gasteiger partial charge in [0.1, 0.15) is 0 Å². The summed E-state index contributed by atoms with van der Waals surface area (Å²) in [5.41, 5.74) is 1.46. The molecule has 2 rings (SSSR count). The van der Waals surface area contributed by atoms with E-state index < -0.39 is 0 Å². The topological polar surface area (TPSA) is 50.1 Å². The first-order valence-corrected chi connectivity index (χ1v) is 6.63. The number of halogens is 1. The summed E-state index contributed by atoms with van der Waals surface area (Å²) in [4.78, 5) is 18.9. The highest BCUT2D eigenvalue weighted by molar-refractivity contribution is 9.10. The van der Waals surface area contributed by atoms with Crippen molar-refractivity contribution in [2.45, 2.75) is 13.0 Å². The number of imidazole rings is 1. The van der Waals surface area contributed by atoms with Crippen LogP contribution in [0.2, 0.25) is 0 Å². The Morgan fingerprint density at radius 3 is 3.00 bits per heavy atom. The van der Waals surface area contributed by atoms with Gasteiger partial charge in [-0.25, -0.2) is 4.79 Å². The monoisotopic (exact) mass is 319 g/mol. The number of fused-ring (bicyclic) bond motifs is 1. The maximum atomic E-state index is 12.1. The summed E-state index contributed by atoms with van der Waals surface area (Å²) >= 11 is 3.41. The van der Waals surface area contributed by atoms with Crippen LogP contribution in [-0.4, -0.2) is 15.8 Å². The molecule has 0 aliphatic rings. The van der Waals surface area contributed by atoms with Gasteiger partial charge in [0.2, 0.25) is 0 Å². The van der Waals surface area contributed by atoms with Gasteiger partial charge in [-0.2, -0.15) is 0 Å². The number of hydrogen-bond acceptors (Lipinski definition) is 2. The van der Waals surface area contributed by atoms with Crippen LogP contribution in [0.25, 0.3) is 11.0 Å². The first kappa shape index (κ1) is 13.5. The summed E-state index contributed by atoms with van der Waals surface area (Å²) < 4.78 is 2.57. The number of rotatable bonds is 4. The largest absolute Gasteiger partial charge is 0.327 e. The second kappa shape index (κ2) is 5.84. The molecule has 0 amide bonds. The van der Waals surface area contributed by atoms with Crippen molar-refractivity contribution in [3.8, 4) is 0 Å². The molecule has 1 atom stereocenters. The van der Waals surface area contributed by atoms with Crippen LogP contribution in [0, 0.1) is 0 Å². The van der Waals surface area contributed by atoms with Crippen molar-refractivity contribution in [1.82, 2.24) is 9.55 Å². The van der Waals surface area contributed by atoms with Gasteiger partial charge in [-0.05, 0) is 31.2 Å². The molecule has 0 fully saturated rings. The number of benzene rings is 1. The molecule has 0 saturated heterocycles. The Hall–Kier alpha value is -1.88. The molecule has 1 N–H and O–H groups in total. The van der Waals surface area contributed by atoms with Crippen molar-refractivity contribution in [3.63, 3.8) is 0 Å². The molecule has 1 heterocycles. The maximum absolute atomic E-state index is 12.1. The number of aliphatic imine (C=N–C) groups is 1. The number of aromatic amines is 1. The molecule has 1 unspecified atom stereocenters. The van der Waals surface area contributed by atoms with Crippen LogP contribution in [0.4, 0.5) is 0 Å². The van der Waals surface area contributed by atoms with Gasteiger partial charge in [-0.15, -0.1) is 6.58 Å². The number of nitrogens with zero attached hydrogens (tertiary/aromatic N) is 2. The van der Waals surface area contributed by atoms with Crippen molar-refractivity contribution in [2.75, 3.05) is 0 Å². The highest BCUT2D eigenvalue weighted by Gasteiger charge is 2.12. The summed E-state index contributed by atoms with van der Waals surface area (Å²) in [5.74, 6) is 0. The first-order chi connectivity index (χ1) is 9.17. The van der Waals surface area contributed by atoms with E-state index in [0.717, 1.165) is 15.5 Å². The standard InChI is InChI=1S/C14H14BrN3O/c1-3-11(7-8-16-4-2)18-13-9-10(15)5-6-12(13)17-14(18)19/h3-9,11H,1H2,2H3,(H,17,19)/b8-7-,16-4?. The van der Waals surface area contributed by atoms with Crippen LogP contribution >= 0.6 is 15.9 Å². The van der Waals surface area contributed by atoms with Gasteiger partial charge >= 0.3 is 5.69 Å². The van der Waals surface area contributed by atoms with Crippen molar-refractivity contribution in [2.24, 2.45) is 4.99 Å². The third-order valence-corrected chi connectivity index (χ3v) is 3.23. The minimum Gasteiger partial charge on any atom is -0.306 e. The van der Waals surface area contributed by atoms with Crippen LogP contribution in [0.15, 0.2) is 57.4 Å². The third-order valence-electron chi connectivity index (χ3n) is 2.74. The third kappa shape index (κ3) is 2.76. The zero-order chi connectivity index (χ0) is 13.8. The number of aromatic nitrogens is 2. The zero-order valence-corrected chi connectivity index (χ0v) is 12.1. The minimum absolute atomic E-state index is 0.164. The first-order valence-electron chi connectivity index (χ1n) is 5.84. The molecular weight excluding hydrogens is 306 g/mol. The van der Waals surface area contributed by atoms with Gasteiger partial charge in [0.15, 0.2) is 0 Å². The van der Waals surface area contributed by atoms with Crippen molar-refractivity contribution in [1.29, 1.82) is 0 Å². The van der Waals surface area contributed by atoms with E-state index in [1.54, 1.807) is 23.1 Å². The summed E-state index contributed by atoms with van der Waals surface area (Å²) in [6.45, 7) is 5.61. The molecule has 0 aliphatic carbocycles. The second-order valence-electron chi connectivity index (χ2n) is 3.94. The van der Waals surface area contributed by atoms with Crippen LogP contribution in [-0.2, 0) is 0 Å². The Labute approximate surface area is 119 Å². The molecule has 0 saturated carbocycles. The molecule has 1 aromatic heterocycles. The van der Waals surface area contributed by atoms with E-state index in [4.69, 9.17) is 0 Å². The molecule has 5 heteroatoms. The number of nitrogens with one attached hydrogen (secondary N) is 1. The molecule has 19 heavy (non-hydrogen) atoms. The number of hydrogen-bond donors (Lipinski definition) is 1. The highest BCUT2D eigenvalue weighted by Crippen LogP contribution is 2.21. The molecule has 0 radical (unpaired) electrons. The second-order valence-corrected chi connectivity index (χ2v) is 4.85. The summed E-state index contributed by atoms with van der Waals surface area (Å²) in [6.07, 6.45) is 6.88. The Bertz CT molecular complexity index is 709. The average Bonchev–Trinajstić information content (AvgIpc) is 2.71. The fourth-order valence-electron chi connectivity index (χ4n) is 1.88. The van der Waals surface area contributed by atoms with Crippen molar-refractivity contribution in [3.05, 3.63) is 58.1 Å². The smallest absolute Gasteiger partial charge is 0.306 e. The Kier molecular flexibility index (Phi) is 4.16. The molecule has 1 aromatic carbocycles. The van der Waals surface area contributed by atoms with E-state index in [9.17, 15) is 4.79 Å². The van der Waals surface area contributed by atoms with Crippen LogP contribution in [0.3, 0.4) is 0 Å². The van der Waals surface area contributed by atoms with Crippen LogP contribution in [0.1, 0.15) is 13.0 Å². The van der Waals surface area contributed by atoms with Gasteiger partial charge in [-0.3, -0.25) is 9.56 Å². The van der Waals surface area contributed by atoms with Gasteiger partial charge in [-0.1, -0.05) is 22.0 Å². The molecule has 4 nitrogen and oxygen atoms in total. The quantitative estimate of drug-likeness (QED) is 0.681. The van der Waals surface area contributed by atoms with E-state index in [1.165, 1.54) is 0 Å².